The molecule has 0 bridgehead atoms. The average molecular weight is 319 g/mol. The van der Waals surface area contributed by atoms with Crippen LogP contribution in [0.3, 0.4) is 0 Å². The Labute approximate surface area is 137 Å². The first kappa shape index (κ1) is 16.1. The molecule has 2 heterocycles. The van der Waals surface area contributed by atoms with E-state index in [0.717, 1.165) is 18.4 Å². The summed E-state index contributed by atoms with van der Waals surface area (Å²) in [6, 6.07) is 3.91. The van der Waals surface area contributed by atoms with Gasteiger partial charge >= 0.3 is 6.03 Å². The Balaban J connectivity index is 1.47. The highest BCUT2D eigenvalue weighted by Crippen LogP contribution is 2.22. The summed E-state index contributed by atoms with van der Waals surface area (Å²) in [6.07, 6.45) is 6.82. The predicted octanol–water partition coefficient (Wildman–Crippen LogP) is 2.33. The highest BCUT2D eigenvalue weighted by atomic mass is 16.5. The quantitative estimate of drug-likeness (QED) is 0.925. The van der Waals surface area contributed by atoms with E-state index in [9.17, 15) is 4.79 Å². The smallest absolute Gasteiger partial charge is 0.318 e. The summed E-state index contributed by atoms with van der Waals surface area (Å²) < 4.78 is 11.2. The highest BCUT2D eigenvalue weighted by Gasteiger charge is 2.23. The van der Waals surface area contributed by atoms with E-state index in [-0.39, 0.29) is 12.1 Å². The average Bonchev–Trinajstić information content (AvgIpc) is 3.07. The minimum atomic E-state index is -0.0490. The van der Waals surface area contributed by atoms with Crippen LogP contribution in [-0.4, -0.2) is 47.8 Å². The van der Waals surface area contributed by atoms with Crippen molar-refractivity contribution in [3.8, 4) is 5.88 Å². The SMILES string of the molecule is CC1COCCN1C(=O)NCc1ccc(OC2CCCC2)nc1. The summed E-state index contributed by atoms with van der Waals surface area (Å²) in [5.41, 5.74) is 0.970. The zero-order chi connectivity index (χ0) is 16.1. The van der Waals surface area contributed by atoms with Gasteiger partial charge in [-0.25, -0.2) is 9.78 Å². The number of amides is 2. The highest BCUT2D eigenvalue weighted by molar-refractivity contribution is 5.74. The number of morpholine rings is 1. The number of carbonyl (C=O) groups excluding carboxylic acids is 1. The molecule has 126 valence electrons. The molecule has 0 spiro atoms. The van der Waals surface area contributed by atoms with Gasteiger partial charge in [-0.1, -0.05) is 6.07 Å². The first-order valence-electron chi connectivity index (χ1n) is 8.46. The lowest BCUT2D eigenvalue weighted by molar-refractivity contribution is 0.0190. The molecule has 1 saturated carbocycles. The molecule has 1 aromatic heterocycles. The molecule has 6 heteroatoms. The molecule has 2 amide bonds. The van der Waals surface area contributed by atoms with Crippen molar-refractivity contribution in [2.24, 2.45) is 0 Å². The summed E-state index contributed by atoms with van der Waals surface area (Å²) in [5.74, 6) is 0.675. The molecule has 1 atom stereocenters. The van der Waals surface area contributed by atoms with Crippen LogP contribution in [-0.2, 0) is 11.3 Å². The number of urea groups is 1. The lowest BCUT2D eigenvalue weighted by Crippen LogP contribution is -2.51. The van der Waals surface area contributed by atoms with Crippen LogP contribution < -0.4 is 10.1 Å². The van der Waals surface area contributed by atoms with Crippen molar-refractivity contribution in [3.63, 3.8) is 0 Å². The molecule has 1 aromatic rings. The normalized spacial score (nSPS) is 22.1. The monoisotopic (exact) mass is 319 g/mol. The lowest BCUT2D eigenvalue weighted by Gasteiger charge is -2.33. The van der Waals surface area contributed by atoms with Gasteiger partial charge in [-0.3, -0.25) is 0 Å². The van der Waals surface area contributed by atoms with E-state index >= 15 is 0 Å². The molecule has 1 N–H and O–H groups in total. The molecule has 1 aliphatic heterocycles. The Kier molecular flexibility index (Phi) is 5.33. The van der Waals surface area contributed by atoms with Gasteiger partial charge in [-0.2, -0.15) is 0 Å². The third kappa shape index (κ3) is 4.34. The molecule has 1 saturated heterocycles. The van der Waals surface area contributed by atoms with E-state index in [4.69, 9.17) is 9.47 Å². The van der Waals surface area contributed by atoms with Gasteiger partial charge in [0.25, 0.3) is 0 Å². The van der Waals surface area contributed by atoms with Crippen molar-refractivity contribution in [1.82, 2.24) is 15.2 Å². The zero-order valence-corrected chi connectivity index (χ0v) is 13.7. The fourth-order valence-electron chi connectivity index (χ4n) is 3.07. The Hall–Kier alpha value is -1.82. The molecule has 1 aliphatic carbocycles. The molecule has 3 rings (SSSR count). The minimum Gasteiger partial charge on any atom is -0.474 e. The van der Waals surface area contributed by atoms with Crippen LogP contribution in [0, 0.1) is 0 Å². The van der Waals surface area contributed by atoms with Crippen molar-refractivity contribution in [2.45, 2.75) is 51.3 Å². The van der Waals surface area contributed by atoms with Crippen LogP contribution >= 0.6 is 0 Å². The maximum Gasteiger partial charge on any atom is 0.318 e. The zero-order valence-electron chi connectivity index (χ0n) is 13.7. The van der Waals surface area contributed by atoms with Crippen LogP contribution in [0.4, 0.5) is 4.79 Å². The number of aromatic nitrogens is 1. The van der Waals surface area contributed by atoms with Gasteiger partial charge in [0.2, 0.25) is 5.88 Å². The van der Waals surface area contributed by atoms with E-state index in [1.54, 1.807) is 6.20 Å². The number of pyridine rings is 1. The van der Waals surface area contributed by atoms with Gasteiger partial charge in [-0.15, -0.1) is 0 Å². The Morgan fingerprint density at radius 3 is 2.96 bits per heavy atom. The van der Waals surface area contributed by atoms with Crippen molar-refractivity contribution >= 4 is 6.03 Å². The molecule has 2 aliphatic rings. The molecule has 6 nitrogen and oxygen atoms in total. The third-order valence-electron chi connectivity index (χ3n) is 4.46. The largest absolute Gasteiger partial charge is 0.474 e. The van der Waals surface area contributed by atoms with Crippen molar-refractivity contribution in [2.75, 3.05) is 19.8 Å². The van der Waals surface area contributed by atoms with Gasteiger partial charge in [0.15, 0.2) is 0 Å². The molecule has 0 radical (unpaired) electrons. The van der Waals surface area contributed by atoms with E-state index in [0.29, 0.717) is 38.3 Å². The second kappa shape index (κ2) is 7.64. The summed E-state index contributed by atoms with van der Waals surface area (Å²) in [5, 5.41) is 2.94. The Morgan fingerprint density at radius 1 is 1.43 bits per heavy atom. The maximum atomic E-state index is 12.2. The molecular formula is C17H25N3O3. The van der Waals surface area contributed by atoms with Gasteiger partial charge in [0, 0.05) is 25.4 Å². The van der Waals surface area contributed by atoms with E-state index in [1.807, 2.05) is 24.0 Å². The molecule has 1 unspecified atom stereocenters. The van der Waals surface area contributed by atoms with Crippen LogP contribution in [0.1, 0.15) is 38.2 Å². The summed E-state index contributed by atoms with van der Waals surface area (Å²) in [7, 11) is 0. The standard InChI is InChI=1S/C17H25N3O3/c1-13-12-22-9-8-20(13)17(21)19-11-14-6-7-16(18-10-14)23-15-4-2-3-5-15/h6-7,10,13,15H,2-5,8-9,11-12H2,1H3,(H,19,21). The summed E-state index contributed by atoms with van der Waals surface area (Å²) in [4.78, 5) is 18.3. The maximum absolute atomic E-state index is 12.2. The van der Waals surface area contributed by atoms with E-state index < -0.39 is 0 Å². The van der Waals surface area contributed by atoms with Crippen molar-refractivity contribution < 1.29 is 14.3 Å². The number of hydrogen-bond acceptors (Lipinski definition) is 4. The van der Waals surface area contributed by atoms with Crippen molar-refractivity contribution in [1.29, 1.82) is 0 Å². The summed E-state index contributed by atoms with van der Waals surface area (Å²) in [6.45, 7) is 4.31. The second-order valence-electron chi connectivity index (χ2n) is 6.31. The van der Waals surface area contributed by atoms with Crippen LogP contribution in [0.5, 0.6) is 5.88 Å². The van der Waals surface area contributed by atoms with Crippen LogP contribution in [0.2, 0.25) is 0 Å². The topological polar surface area (TPSA) is 63.7 Å². The number of rotatable bonds is 4. The number of nitrogens with zero attached hydrogens (tertiary/aromatic N) is 2. The van der Waals surface area contributed by atoms with E-state index in [2.05, 4.69) is 10.3 Å². The molecule has 2 fully saturated rings. The second-order valence-corrected chi connectivity index (χ2v) is 6.31. The minimum absolute atomic E-state index is 0.0490. The predicted molar refractivity (Wildman–Crippen MR) is 86.3 cm³/mol. The van der Waals surface area contributed by atoms with Crippen LogP contribution in [0.15, 0.2) is 18.3 Å². The molecular weight excluding hydrogens is 294 g/mol. The number of nitrogens with one attached hydrogen (secondary N) is 1. The Bertz CT molecular complexity index is 514. The fourth-order valence-corrected chi connectivity index (χ4v) is 3.07. The van der Waals surface area contributed by atoms with Gasteiger partial charge in [0.1, 0.15) is 6.10 Å². The molecule has 23 heavy (non-hydrogen) atoms. The van der Waals surface area contributed by atoms with Crippen LogP contribution in [0.25, 0.3) is 0 Å². The number of carbonyl (C=O) groups is 1. The lowest BCUT2D eigenvalue weighted by atomic mass is 10.2. The van der Waals surface area contributed by atoms with Gasteiger partial charge < -0.3 is 19.7 Å². The summed E-state index contributed by atoms with van der Waals surface area (Å²) >= 11 is 0. The molecule has 0 aromatic carbocycles. The number of ether oxygens (including phenoxy) is 2. The fraction of sp³-hybridized carbons (Fsp3) is 0.647. The first-order chi connectivity index (χ1) is 11.2. The Morgan fingerprint density at radius 2 is 2.26 bits per heavy atom. The first-order valence-corrected chi connectivity index (χ1v) is 8.46. The van der Waals surface area contributed by atoms with E-state index in [1.165, 1.54) is 12.8 Å². The van der Waals surface area contributed by atoms with Gasteiger partial charge in [-0.05, 0) is 38.2 Å². The van der Waals surface area contributed by atoms with Gasteiger partial charge in [0.05, 0.1) is 19.3 Å². The number of hydrogen-bond donors (Lipinski definition) is 1. The van der Waals surface area contributed by atoms with Crippen molar-refractivity contribution in [3.05, 3.63) is 23.9 Å². The third-order valence-corrected chi connectivity index (χ3v) is 4.46.